The zero-order chi connectivity index (χ0) is 7.68. The van der Waals surface area contributed by atoms with Crippen molar-refractivity contribution in [3.05, 3.63) is 12.2 Å². The Morgan fingerprint density at radius 2 is 2.18 bits per heavy atom. The molecule has 11 heavy (non-hydrogen) atoms. The molecular weight excluding hydrogens is 144 g/mol. The Balaban J connectivity index is 2.13. The largest absolute Gasteiger partial charge is 0.393 e. The molecule has 2 heterocycles. The fourth-order valence-electron chi connectivity index (χ4n) is 1.52. The second kappa shape index (κ2) is 2.93. The van der Waals surface area contributed by atoms with E-state index in [0.29, 0.717) is 12.8 Å². The topological polar surface area (TPSA) is 38.7 Å². The molecule has 0 amide bonds. The van der Waals surface area contributed by atoms with E-state index in [-0.39, 0.29) is 18.3 Å². The summed E-state index contributed by atoms with van der Waals surface area (Å²) in [7, 11) is 0. The first-order chi connectivity index (χ1) is 5.34. The van der Waals surface area contributed by atoms with Crippen molar-refractivity contribution in [2.45, 2.75) is 37.6 Å². The van der Waals surface area contributed by atoms with Crippen molar-refractivity contribution in [2.24, 2.45) is 0 Å². The van der Waals surface area contributed by atoms with Gasteiger partial charge in [-0.2, -0.15) is 0 Å². The number of hydrogen-bond donors (Lipinski definition) is 1. The highest BCUT2D eigenvalue weighted by atomic mass is 17.2. The van der Waals surface area contributed by atoms with Crippen molar-refractivity contribution in [3.63, 3.8) is 0 Å². The summed E-state index contributed by atoms with van der Waals surface area (Å²) in [6, 6.07) is 0. The maximum atomic E-state index is 9.40. The van der Waals surface area contributed by atoms with E-state index in [9.17, 15) is 5.11 Å². The predicted octanol–water partition coefficient (Wildman–Crippen LogP) is 0.786. The molecule has 3 heteroatoms. The van der Waals surface area contributed by atoms with Crippen molar-refractivity contribution >= 4 is 0 Å². The number of aliphatic hydroxyl groups excluding tert-OH is 1. The molecule has 0 aromatic heterocycles. The third-order valence-electron chi connectivity index (χ3n) is 2.10. The van der Waals surface area contributed by atoms with Crippen LogP contribution in [0.5, 0.6) is 0 Å². The van der Waals surface area contributed by atoms with Crippen molar-refractivity contribution in [1.82, 2.24) is 0 Å². The standard InChI is InChI=1S/C8H12O3/c9-6-4-7-2-1-3-8(5-6)11-10-7/h1-2,6-9H,3-5H2/t6-,7-,8+/m1/s1. The Morgan fingerprint density at radius 3 is 3.09 bits per heavy atom. The highest BCUT2D eigenvalue weighted by Crippen LogP contribution is 2.23. The SMILES string of the molecule is O[C@H]1C[C@@H]2CC=C[C@H](C1)OO2. The van der Waals surface area contributed by atoms with Gasteiger partial charge in [0.25, 0.3) is 0 Å². The Kier molecular flexibility index (Phi) is 1.94. The molecule has 2 bridgehead atoms. The third kappa shape index (κ3) is 1.61. The molecule has 0 aromatic carbocycles. The quantitative estimate of drug-likeness (QED) is 0.416. The lowest BCUT2D eigenvalue weighted by atomic mass is 10.0. The molecule has 1 fully saturated rings. The van der Waals surface area contributed by atoms with Crippen molar-refractivity contribution in [1.29, 1.82) is 0 Å². The van der Waals surface area contributed by atoms with Crippen molar-refractivity contribution < 1.29 is 14.9 Å². The van der Waals surface area contributed by atoms with Gasteiger partial charge in [0.1, 0.15) is 6.10 Å². The summed E-state index contributed by atoms with van der Waals surface area (Å²) >= 11 is 0. The maximum absolute atomic E-state index is 9.40. The van der Waals surface area contributed by atoms with Crippen LogP contribution < -0.4 is 0 Å². The van der Waals surface area contributed by atoms with Crippen LogP contribution >= 0.6 is 0 Å². The summed E-state index contributed by atoms with van der Waals surface area (Å²) in [4.78, 5) is 10.1. The minimum Gasteiger partial charge on any atom is -0.393 e. The van der Waals surface area contributed by atoms with E-state index in [0.717, 1.165) is 6.42 Å². The molecule has 2 aliphatic rings. The molecule has 0 unspecified atom stereocenters. The fraction of sp³-hybridized carbons (Fsp3) is 0.750. The van der Waals surface area contributed by atoms with Gasteiger partial charge in [0.2, 0.25) is 0 Å². The molecule has 2 aliphatic heterocycles. The van der Waals surface area contributed by atoms with Crippen molar-refractivity contribution in [2.75, 3.05) is 0 Å². The number of aliphatic hydroxyl groups is 1. The summed E-state index contributed by atoms with van der Waals surface area (Å²) < 4.78 is 0. The van der Waals surface area contributed by atoms with Crippen LogP contribution in [0.3, 0.4) is 0 Å². The minimum absolute atomic E-state index is 0.0440. The lowest BCUT2D eigenvalue weighted by molar-refractivity contribution is -0.331. The molecule has 0 aromatic rings. The molecule has 62 valence electrons. The van der Waals surface area contributed by atoms with E-state index in [1.807, 2.05) is 6.08 Å². The number of rotatable bonds is 0. The zero-order valence-electron chi connectivity index (χ0n) is 6.27. The van der Waals surface area contributed by atoms with Gasteiger partial charge >= 0.3 is 0 Å². The first-order valence-electron chi connectivity index (χ1n) is 4.01. The molecule has 1 saturated heterocycles. The van der Waals surface area contributed by atoms with Crippen LogP contribution in [-0.2, 0) is 9.78 Å². The summed E-state index contributed by atoms with van der Waals surface area (Å²) in [5, 5.41) is 9.40. The summed E-state index contributed by atoms with van der Waals surface area (Å²) in [6.45, 7) is 0. The Hall–Kier alpha value is -0.380. The van der Waals surface area contributed by atoms with Crippen LogP contribution in [-0.4, -0.2) is 23.4 Å². The van der Waals surface area contributed by atoms with Crippen LogP contribution in [0, 0.1) is 0 Å². The molecule has 3 nitrogen and oxygen atoms in total. The highest BCUT2D eigenvalue weighted by Gasteiger charge is 2.26. The van der Waals surface area contributed by atoms with Crippen LogP contribution in [0.15, 0.2) is 12.2 Å². The molecule has 1 N–H and O–H groups in total. The lowest BCUT2D eigenvalue weighted by Gasteiger charge is -2.12. The molecule has 0 saturated carbocycles. The minimum atomic E-state index is -0.266. The van der Waals surface area contributed by atoms with E-state index in [4.69, 9.17) is 9.78 Å². The van der Waals surface area contributed by atoms with Crippen LogP contribution in [0.1, 0.15) is 19.3 Å². The molecule has 0 radical (unpaired) electrons. The Labute approximate surface area is 65.5 Å². The van der Waals surface area contributed by atoms with Gasteiger partial charge in [-0.1, -0.05) is 12.2 Å². The van der Waals surface area contributed by atoms with Gasteiger partial charge in [0, 0.05) is 12.8 Å². The molecular formula is C8H12O3. The van der Waals surface area contributed by atoms with Gasteiger partial charge in [0.15, 0.2) is 0 Å². The predicted molar refractivity (Wildman–Crippen MR) is 38.7 cm³/mol. The first kappa shape index (κ1) is 7.28. The number of fused-ring (bicyclic) bond motifs is 3. The average Bonchev–Trinajstić information content (AvgIpc) is 2.19. The fourth-order valence-corrected chi connectivity index (χ4v) is 1.52. The van der Waals surface area contributed by atoms with Crippen LogP contribution in [0.25, 0.3) is 0 Å². The highest BCUT2D eigenvalue weighted by molar-refractivity contribution is 4.96. The van der Waals surface area contributed by atoms with Gasteiger partial charge < -0.3 is 5.11 Å². The average molecular weight is 156 g/mol. The normalized spacial score (nSPS) is 43.5. The molecule has 0 aliphatic carbocycles. The van der Waals surface area contributed by atoms with E-state index in [2.05, 4.69) is 6.08 Å². The van der Waals surface area contributed by atoms with Crippen LogP contribution in [0.4, 0.5) is 0 Å². The van der Waals surface area contributed by atoms with Gasteiger partial charge in [0.05, 0.1) is 12.2 Å². The first-order valence-corrected chi connectivity index (χ1v) is 4.01. The van der Waals surface area contributed by atoms with Crippen molar-refractivity contribution in [3.8, 4) is 0 Å². The van der Waals surface area contributed by atoms with Gasteiger partial charge in [-0.15, -0.1) is 0 Å². The zero-order valence-corrected chi connectivity index (χ0v) is 6.27. The molecule has 0 spiro atoms. The van der Waals surface area contributed by atoms with Gasteiger partial charge in [-0.05, 0) is 6.42 Å². The Bertz CT molecular complexity index is 167. The van der Waals surface area contributed by atoms with Crippen LogP contribution in [0.2, 0.25) is 0 Å². The summed E-state index contributed by atoms with van der Waals surface area (Å²) in [5.74, 6) is 0. The van der Waals surface area contributed by atoms with Gasteiger partial charge in [-0.25, -0.2) is 9.78 Å². The third-order valence-corrected chi connectivity index (χ3v) is 2.10. The molecule has 2 rings (SSSR count). The molecule has 3 atom stereocenters. The number of hydrogen-bond acceptors (Lipinski definition) is 3. The van der Waals surface area contributed by atoms with E-state index < -0.39 is 0 Å². The second-order valence-electron chi connectivity index (χ2n) is 3.14. The Morgan fingerprint density at radius 1 is 1.27 bits per heavy atom. The summed E-state index contributed by atoms with van der Waals surface area (Å²) in [5.41, 5.74) is 0. The summed E-state index contributed by atoms with van der Waals surface area (Å²) in [6.07, 6.45) is 5.97. The van der Waals surface area contributed by atoms with Gasteiger partial charge in [-0.3, -0.25) is 0 Å². The van der Waals surface area contributed by atoms with E-state index in [1.54, 1.807) is 0 Å². The van der Waals surface area contributed by atoms with E-state index >= 15 is 0 Å². The smallest absolute Gasteiger partial charge is 0.114 e. The maximum Gasteiger partial charge on any atom is 0.114 e. The lowest BCUT2D eigenvalue weighted by Crippen LogP contribution is -2.18. The second-order valence-corrected chi connectivity index (χ2v) is 3.14. The van der Waals surface area contributed by atoms with E-state index in [1.165, 1.54) is 0 Å². The monoisotopic (exact) mass is 156 g/mol.